The van der Waals surface area contributed by atoms with Crippen molar-refractivity contribution in [2.75, 3.05) is 10.0 Å². The summed E-state index contributed by atoms with van der Waals surface area (Å²) in [6, 6.07) is 11.7. The number of benzene rings is 2. The maximum Gasteiger partial charge on any atom is 0.261 e. The molecule has 3 aromatic rings. The van der Waals surface area contributed by atoms with Crippen molar-refractivity contribution in [2.24, 2.45) is 7.05 Å². The van der Waals surface area contributed by atoms with E-state index >= 15 is 0 Å². The predicted octanol–water partition coefficient (Wildman–Crippen LogP) is 2.17. The van der Waals surface area contributed by atoms with Gasteiger partial charge in [0.2, 0.25) is 5.91 Å². The monoisotopic (exact) mass is 383 g/mol. The molecule has 27 heavy (non-hydrogen) atoms. The molecule has 2 N–H and O–H groups in total. The van der Waals surface area contributed by atoms with Crippen LogP contribution >= 0.6 is 0 Å². The van der Waals surface area contributed by atoms with E-state index in [2.05, 4.69) is 20.2 Å². The van der Waals surface area contributed by atoms with Crippen molar-refractivity contribution < 1.29 is 13.2 Å². The molecule has 1 amide bonds. The van der Waals surface area contributed by atoms with Gasteiger partial charge >= 0.3 is 0 Å². The lowest BCUT2D eigenvalue weighted by atomic mass is 10.0. The SMILES string of the molecule is Cn1cnnc1-c1ccccc1NS(=O)(=O)c1ccc2c(c1)CCC(=O)N2. The van der Waals surface area contributed by atoms with E-state index < -0.39 is 10.0 Å². The number of carbonyl (C=O) groups excluding carboxylic acids is 1. The molecule has 0 atom stereocenters. The second-order valence-electron chi connectivity index (χ2n) is 6.28. The fraction of sp³-hybridized carbons (Fsp3) is 0.167. The number of hydrogen-bond donors (Lipinski definition) is 2. The van der Waals surface area contributed by atoms with Crippen LogP contribution in [-0.4, -0.2) is 29.1 Å². The van der Waals surface area contributed by atoms with Crippen molar-refractivity contribution in [1.82, 2.24) is 14.8 Å². The van der Waals surface area contributed by atoms with Gasteiger partial charge in [-0.05, 0) is 42.3 Å². The van der Waals surface area contributed by atoms with Crippen LogP contribution in [0.1, 0.15) is 12.0 Å². The minimum Gasteiger partial charge on any atom is -0.326 e. The number of para-hydroxylation sites is 1. The summed E-state index contributed by atoms with van der Waals surface area (Å²) in [5.74, 6) is 0.496. The summed E-state index contributed by atoms with van der Waals surface area (Å²) in [6.45, 7) is 0. The van der Waals surface area contributed by atoms with E-state index in [0.717, 1.165) is 5.56 Å². The van der Waals surface area contributed by atoms with Crippen LogP contribution in [0.5, 0.6) is 0 Å². The molecule has 1 aliphatic heterocycles. The number of aromatic nitrogens is 3. The molecule has 9 heteroatoms. The molecule has 0 fully saturated rings. The first-order valence-electron chi connectivity index (χ1n) is 8.33. The molecule has 1 aromatic heterocycles. The highest BCUT2D eigenvalue weighted by Crippen LogP contribution is 2.30. The van der Waals surface area contributed by atoms with Gasteiger partial charge in [-0.25, -0.2) is 8.42 Å². The first-order valence-corrected chi connectivity index (χ1v) is 9.81. The van der Waals surface area contributed by atoms with Crippen LogP contribution in [0.25, 0.3) is 11.4 Å². The van der Waals surface area contributed by atoms with Gasteiger partial charge in [0, 0.05) is 24.7 Å². The van der Waals surface area contributed by atoms with Gasteiger partial charge in [-0.3, -0.25) is 9.52 Å². The van der Waals surface area contributed by atoms with Gasteiger partial charge in [0.05, 0.1) is 10.6 Å². The topological polar surface area (TPSA) is 106 Å². The van der Waals surface area contributed by atoms with Crippen LogP contribution in [0, 0.1) is 0 Å². The molecule has 2 heterocycles. The van der Waals surface area contributed by atoms with Gasteiger partial charge in [0.15, 0.2) is 5.82 Å². The lowest BCUT2D eigenvalue weighted by Gasteiger charge is -2.18. The summed E-state index contributed by atoms with van der Waals surface area (Å²) in [6.07, 6.45) is 2.41. The minimum absolute atomic E-state index is 0.0613. The zero-order valence-electron chi connectivity index (χ0n) is 14.5. The van der Waals surface area contributed by atoms with Gasteiger partial charge < -0.3 is 9.88 Å². The molecule has 138 valence electrons. The Morgan fingerprint density at radius 1 is 1.15 bits per heavy atom. The van der Waals surface area contributed by atoms with E-state index in [-0.39, 0.29) is 10.8 Å². The average Bonchev–Trinajstić information content (AvgIpc) is 3.07. The molecule has 8 nitrogen and oxygen atoms in total. The number of carbonyl (C=O) groups is 1. The maximum absolute atomic E-state index is 12.9. The van der Waals surface area contributed by atoms with Gasteiger partial charge in [-0.1, -0.05) is 12.1 Å². The van der Waals surface area contributed by atoms with Crippen LogP contribution in [0.4, 0.5) is 11.4 Å². The van der Waals surface area contributed by atoms with Crippen molar-refractivity contribution in [1.29, 1.82) is 0 Å². The van der Waals surface area contributed by atoms with Crippen LogP contribution in [-0.2, 0) is 28.3 Å². The quantitative estimate of drug-likeness (QED) is 0.718. The van der Waals surface area contributed by atoms with E-state index in [1.54, 1.807) is 48.3 Å². The second kappa shape index (κ2) is 6.51. The fourth-order valence-electron chi connectivity index (χ4n) is 3.02. The summed E-state index contributed by atoms with van der Waals surface area (Å²) in [5, 5.41) is 10.7. The molecule has 4 rings (SSSR count). The van der Waals surface area contributed by atoms with Gasteiger partial charge in [-0.15, -0.1) is 10.2 Å². The normalized spacial score (nSPS) is 13.7. The van der Waals surface area contributed by atoms with Crippen molar-refractivity contribution in [3.63, 3.8) is 0 Å². The van der Waals surface area contributed by atoms with E-state index in [0.29, 0.717) is 35.6 Å². The van der Waals surface area contributed by atoms with Crippen LogP contribution < -0.4 is 10.0 Å². The molecule has 0 aliphatic carbocycles. The maximum atomic E-state index is 12.9. The average molecular weight is 383 g/mol. The zero-order chi connectivity index (χ0) is 19.0. The third-order valence-corrected chi connectivity index (χ3v) is 5.77. The molecule has 0 bridgehead atoms. The molecule has 0 saturated heterocycles. The summed E-state index contributed by atoms with van der Waals surface area (Å²) < 4.78 is 30.2. The van der Waals surface area contributed by atoms with E-state index in [1.807, 2.05) is 6.07 Å². The first kappa shape index (κ1) is 17.2. The molecule has 0 spiro atoms. The Hall–Kier alpha value is -3.20. The number of rotatable bonds is 4. The van der Waals surface area contributed by atoms with Gasteiger partial charge in [-0.2, -0.15) is 0 Å². The van der Waals surface area contributed by atoms with E-state index in [1.165, 1.54) is 6.07 Å². The molecule has 1 aliphatic rings. The summed E-state index contributed by atoms with van der Waals surface area (Å²) >= 11 is 0. The Morgan fingerprint density at radius 2 is 1.96 bits per heavy atom. The number of amides is 1. The Labute approximate surface area is 156 Å². The van der Waals surface area contributed by atoms with Crippen LogP contribution in [0.2, 0.25) is 0 Å². The number of hydrogen-bond acceptors (Lipinski definition) is 5. The summed E-state index contributed by atoms with van der Waals surface area (Å²) in [5.41, 5.74) is 2.51. The van der Waals surface area contributed by atoms with E-state index in [9.17, 15) is 13.2 Å². The zero-order valence-corrected chi connectivity index (χ0v) is 15.3. The van der Waals surface area contributed by atoms with E-state index in [4.69, 9.17) is 0 Å². The largest absolute Gasteiger partial charge is 0.326 e. The number of aryl methyl sites for hydroxylation is 2. The predicted molar refractivity (Wildman–Crippen MR) is 101 cm³/mol. The third-order valence-electron chi connectivity index (χ3n) is 4.41. The highest BCUT2D eigenvalue weighted by Gasteiger charge is 2.21. The van der Waals surface area contributed by atoms with Crippen molar-refractivity contribution in [3.8, 4) is 11.4 Å². The minimum atomic E-state index is -3.81. The van der Waals surface area contributed by atoms with Crippen molar-refractivity contribution in [3.05, 3.63) is 54.4 Å². The molecule has 2 aromatic carbocycles. The molecule has 0 radical (unpaired) electrons. The highest BCUT2D eigenvalue weighted by atomic mass is 32.2. The lowest BCUT2D eigenvalue weighted by molar-refractivity contribution is -0.116. The molecular weight excluding hydrogens is 366 g/mol. The number of sulfonamides is 1. The van der Waals surface area contributed by atoms with Crippen molar-refractivity contribution in [2.45, 2.75) is 17.7 Å². The van der Waals surface area contributed by atoms with Gasteiger partial charge in [0.1, 0.15) is 6.33 Å². The Kier molecular flexibility index (Phi) is 4.15. The molecular formula is C18H17N5O3S. The van der Waals surface area contributed by atoms with Crippen LogP contribution in [0.15, 0.2) is 53.7 Å². The Balaban J connectivity index is 1.69. The Bertz CT molecular complexity index is 1140. The standard InChI is InChI=1S/C18H17N5O3S/c1-23-11-19-21-18(23)14-4-2-3-5-16(14)22-27(25,26)13-7-8-15-12(10-13)6-9-17(24)20-15/h2-5,7-8,10-11,22H,6,9H2,1H3,(H,20,24). The highest BCUT2D eigenvalue weighted by molar-refractivity contribution is 7.92. The number of anilines is 2. The number of nitrogens with zero attached hydrogens (tertiary/aromatic N) is 3. The van der Waals surface area contributed by atoms with Crippen LogP contribution in [0.3, 0.4) is 0 Å². The summed E-state index contributed by atoms with van der Waals surface area (Å²) in [4.78, 5) is 11.6. The second-order valence-corrected chi connectivity index (χ2v) is 7.97. The summed E-state index contributed by atoms with van der Waals surface area (Å²) in [7, 11) is -2.02. The number of nitrogens with one attached hydrogen (secondary N) is 2. The fourth-order valence-corrected chi connectivity index (χ4v) is 4.15. The van der Waals surface area contributed by atoms with Crippen molar-refractivity contribution >= 4 is 27.3 Å². The Morgan fingerprint density at radius 3 is 2.74 bits per heavy atom. The smallest absolute Gasteiger partial charge is 0.261 e. The molecule has 0 unspecified atom stereocenters. The number of fused-ring (bicyclic) bond motifs is 1. The molecule has 0 saturated carbocycles. The third kappa shape index (κ3) is 3.28. The lowest BCUT2D eigenvalue weighted by Crippen LogP contribution is -2.20. The first-order chi connectivity index (χ1) is 12.9. The van der Waals surface area contributed by atoms with Gasteiger partial charge in [0.25, 0.3) is 10.0 Å².